The molecule has 0 saturated heterocycles. The number of rotatable bonds is 5. The molecule has 0 saturated carbocycles. The van der Waals surface area contributed by atoms with E-state index >= 15 is 0 Å². The fourth-order valence-electron chi connectivity index (χ4n) is 1.32. The third-order valence-electron chi connectivity index (χ3n) is 2.33. The van der Waals surface area contributed by atoms with Gasteiger partial charge in [-0.3, -0.25) is 9.59 Å². The van der Waals surface area contributed by atoms with E-state index in [1.54, 1.807) is 31.2 Å². The molecular weight excluding hydrogens is 234 g/mol. The lowest BCUT2D eigenvalue weighted by molar-refractivity contribution is -0.152. The second kappa shape index (κ2) is 6.64. The number of para-hydroxylation sites is 2. The Hall–Kier alpha value is -2.04. The number of hydrogen-bond acceptors (Lipinski definition) is 4. The van der Waals surface area contributed by atoms with Crippen molar-refractivity contribution in [2.24, 2.45) is 0 Å². The molecule has 98 valence electrons. The highest BCUT2D eigenvalue weighted by atomic mass is 16.5. The van der Waals surface area contributed by atoms with Crippen LogP contribution in [0.25, 0.3) is 0 Å². The van der Waals surface area contributed by atoms with Crippen molar-refractivity contribution in [3.05, 3.63) is 24.3 Å². The minimum atomic E-state index is -0.831. The second-order valence-corrected chi connectivity index (χ2v) is 3.68. The molecule has 0 radical (unpaired) electrons. The lowest BCUT2D eigenvalue weighted by Crippen LogP contribution is -2.29. The molecule has 18 heavy (non-hydrogen) atoms. The van der Waals surface area contributed by atoms with Crippen LogP contribution in [-0.4, -0.2) is 25.1 Å². The third-order valence-corrected chi connectivity index (χ3v) is 2.33. The molecule has 0 aliphatic carbocycles. The van der Waals surface area contributed by atoms with E-state index < -0.39 is 12.1 Å². The first-order chi connectivity index (χ1) is 8.58. The first kappa shape index (κ1) is 14.0. The molecule has 0 heterocycles. The summed E-state index contributed by atoms with van der Waals surface area (Å²) in [4.78, 5) is 22.9. The molecule has 1 aromatic carbocycles. The minimum absolute atomic E-state index is 0.242. The summed E-state index contributed by atoms with van der Waals surface area (Å²) in [5.41, 5.74) is 0.546. The van der Waals surface area contributed by atoms with Gasteiger partial charge in [0.1, 0.15) is 5.75 Å². The summed E-state index contributed by atoms with van der Waals surface area (Å²) in [5, 5.41) is 2.65. The van der Waals surface area contributed by atoms with Crippen molar-refractivity contribution < 1.29 is 19.1 Å². The molecule has 1 amide bonds. The Morgan fingerprint density at radius 2 is 2.00 bits per heavy atom. The van der Waals surface area contributed by atoms with Gasteiger partial charge < -0.3 is 14.8 Å². The van der Waals surface area contributed by atoms with Gasteiger partial charge in [0.25, 0.3) is 5.91 Å². The lowest BCUT2D eigenvalue weighted by atomic mass is 10.2. The average Bonchev–Trinajstić information content (AvgIpc) is 2.39. The van der Waals surface area contributed by atoms with Crippen LogP contribution in [0.1, 0.15) is 20.3 Å². The summed E-state index contributed by atoms with van der Waals surface area (Å²) in [6.45, 7) is 3.20. The van der Waals surface area contributed by atoms with Gasteiger partial charge in [-0.2, -0.15) is 0 Å². The number of methoxy groups -OCH3 is 1. The van der Waals surface area contributed by atoms with Crippen LogP contribution in [0, 0.1) is 0 Å². The van der Waals surface area contributed by atoms with Crippen LogP contribution in [-0.2, 0) is 14.3 Å². The van der Waals surface area contributed by atoms with Crippen LogP contribution >= 0.6 is 0 Å². The van der Waals surface area contributed by atoms with E-state index in [0.717, 1.165) is 0 Å². The maximum atomic E-state index is 11.8. The zero-order chi connectivity index (χ0) is 13.5. The molecule has 0 unspecified atom stereocenters. The van der Waals surface area contributed by atoms with Crippen LogP contribution in [0.5, 0.6) is 5.75 Å². The molecule has 1 atom stereocenters. The highest BCUT2D eigenvalue weighted by Gasteiger charge is 2.18. The number of hydrogen-bond donors (Lipinski definition) is 1. The number of carbonyl (C=O) groups is 2. The van der Waals surface area contributed by atoms with Crippen molar-refractivity contribution in [3.8, 4) is 5.75 Å². The number of benzene rings is 1. The highest BCUT2D eigenvalue weighted by Crippen LogP contribution is 2.23. The molecule has 5 heteroatoms. The quantitative estimate of drug-likeness (QED) is 0.813. The molecule has 1 N–H and O–H groups in total. The zero-order valence-corrected chi connectivity index (χ0v) is 10.7. The molecular formula is C13H17NO4. The van der Waals surface area contributed by atoms with Crippen molar-refractivity contribution in [2.45, 2.75) is 26.4 Å². The predicted octanol–water partition coefficient (Wildman–Crippen LogP) is 1.98. The van der Waals surface area contributed by atoms with Crippen LogP contribution in [0.15, 0.2) is 24.3 Å². The summed E-state index contributed by atoms with van der Waals surface area (Å²) in [7, 11) is 1.52. The number of amides is 1. The number of nitrogens with one attached hydrogen (secondary N) is 1. The first-order valence-corrected chi connectivity index (χ1v) is 5.71. The summed E-state index contributed by atoms with van der Waals surface area (Å²) in [5.74, 6) is -0.237. The molecule has 5 nitrogen and oxygen atoms in total. The van der Waals surface area contributed by atoms with E-state index in [1.807, 2.05) is 0 Å². The zero-order valence-electron chi connectivity index (χ0n) is 10.7. The van der Waals surface area contributed by atoms with Gasteiger partial charge in [0.2, 0.25) is 0 Å². The van der Waals surface area contributed by atoms with Crippen molar-refractivity contribution in [2.75, 3.05) is 12.4 Å². The SMILES string of the molecule is CCC(=O)O[C@@H](C)C(=O)Nc1ccccc1OC. The Bertz CT molecular complexity index is 431. The summed E-state index contributed by atoms with van der Waals surface area (Å²) in [6.07, 6.45) is -0.589. The monoisotopic (exact) mass is 251 g/mol. The van der Waals surface area contributed by atoms with Crippen molar-refractivity contribution in [3.63, 3.8) is 0 Å². The third kappa shape index (κ3) is 3.76. The van der Waals surface area contributed by atoms with Gasteiger partial charge in [-0.25, -0.2) is 0 Å². The van der Waals surface area contributed by atoms with E-state index in [2.05, 4.69) is 5.32 Å². The molecule has 1 aromatic rings. The molecule has 0 bridgehead atoms. The highest BCUT2D eigenvalue weighted by molar-refractivity contribution is 5.96. The van der Waals surface area contributed by atoms with E-state index in [0.29, 0.717) is 11.4 Å². The van der Waals surface area contributed by atoms with E-state index in [-0.39, 0.29) is 12.3 Å². The van der Waals surface area contributed by atoms with Crippen molar-refractivity contribution in [1.29, 1.82) is 0 Å². The fraction of sp³-hybridized carbons (Fsp3) is 0.385. The van der Waals surface area contributed by atoms with Gasteiger partial charge in [-0.15, -0.1) is 0 Å². The van der Waals surface area contributed by atoms with Gasteiger partial charge >= 0.3 is 5.97 Å². The first-order valence-electron chi connectivity index (χ1n) is 5.71. The largest absolute Gasteiger partial charge is 0.495 e. The molecule has 0 fully saturated rings. The van der Waals surface area contributed by atoms with Crippen LogP contribution in [0.4, 0.5) is 5.69 Å². The van der Waals surface area contributed by atoms with Crippen LogP contribution in [0.3, 0.4) is 0 Å². The van der Waals surface area contributed by atoms with Gasteiger partial charge in [0.15, 0.2) is 6.10 Å². The number of carbonyl (C=O) groups excluding carboxylic acids is 2. The molecule has 0 aliphatic rings. The van der Waals surface area contributed by atoms with Gasteiger partial charge in [-0.1, -0.05) is 19.1 Å². The van der Waals surface area contributed by atoms with E-state index in [9.17, 15) is 9.59 Å². The van der Waals surface area contributed by atoms with Crippen molar-refractivity contribution >= 4 is 17.6 Å². The smallest absolute Gasteiger partial charge is 0.306 e. The minimum Gasteiger partial charge on any atom is -0.495 e. The Balaban J connectivity index is 2.66. The second-order valence-electron chi connectivity index (χ2n) is 3.68. The van der Waals surface area contributed by atoms with Gasteiger partial charge in [-0.05, 0) is 19.1 Å². The van der Waals surface area contributed by atoms with Crippen LogP contribution in [0.2, 0.25) is 0 Å². The normalized spacial score (nSPS) is 11.5. The summed E-state index contributed by atoms with van der Waals surface area (Å²) < 4.78 is 10.0. The van der Waals surface area contributed by atoms with Crippen LogP contribution < -0.4 is 10.1 Å². The predicted molar refractivity (Wildman–Crippen MR) is 67.5 cm³/mol. The number of ether oxygens (including phenoxy) is 2. The lowest BCUT2D eigenvalue weighted by Gasteiger charge is -2.14. The van der Waals surface area contributed by atoms with E-state index in [1.165, 1.54) is 14.0 Å². The molecule has 0 aromatic heterocycles. The van der Waals surface area contributed by atoms with Crippen molar-refractivity contribution in [1.82, 2.24) is 0 Å². The fourth-order valence-corrected chi connectivity index (χ4v) is 1.32. The summed E-state index contributed by atoms with van der Waals surface area (Å²) in [6, 6.07) is 7.03. The Morgan fingerprint density at radius 3 is 2.61 bits per heavy atom. The van der Waals surface area contributed by atoms with E-state index in [4.69, 9.17) is 9.47 Å². The van der Waals surface area contributed by atoms with Gasteiger partial charge in [0, 0.05) is 6.42 Å². The summed E-state index contributed by atoms with van der Waals surface area (Å²) >= 11 is 0. The number of esters is 1. The molecule has 0 spiro atoms. The Morgan fingerprint density at radius 1 is 1.33 bits per heavy atom. The standard InChI is InChI=1S/C13H17NO4/c1-4-12(15)18-9(2)13(16)14-10-7-5-6-8-11(10)17-3/h5-9H,4H2,1-3H3,(H,14,16)/t9-/m0/s1. The maximum Gasteiger partial charge on any atom is 0.306 e. The Kier molecular flexibility index (Phi) is 5.17. The molecule has 1 rings (SSSR count). The Labute approximate surface area is 106 Å². The molecule has 0 aliphatic heterocycles. The number of anilines is 1. The average molecular weight is 251 g/mol. The van der Waals surface area contributed by atoms with Gasteiger partial charge in [0.05, 0.1) is 12.8 Å². The maximum absolute atomic E-state index is 11.8. The topological polar surface area (TPSA) is 64.6 Å².